The van der Waals surface area contributed by atoms with Crippen LogP contribution < -0.4 is 5.32 Å². The third-order valence-corrected chi connectivity index (χ3v) is 5.18. The highest BCUT2D eigenvalue weighted by Gasteiger charge is 2.36. The Hall–Kier alpha value is -2.76. The zero-order valence-electron chi connectivity index (χ0n) is 15.2. The van der Waals surface area contributed by atoms with Crippen molar-refractivity contribution in [2.45, 2.75) is 24.2 Å². The summed E-state index contributed by atoms with van der Waals surface area (Å²) in [4.78, 5) is 22.4. The first-order valence-corrected chi connectivity index (χ1v) is 9.24. The van der Waals surface area contributed by atoms with E-state index in [4.69, 9.17) is 0 Å². The first-order chi connectivity index (χ1) is 13.8. The molecule has 1 amide bonds. The lowest BCUT2D eigenvalue weighted by Crippen LogP contribution is -2.24. The van der Waals surface area contributed by atoms with Crippen LogP contribution in [-0.4, -0.2) is 16.6 Å². The number of nitro benzene ring substituents is 1. The quantitative estimate of drug-likeness (QED) is 0.253. The molecule has 0 fully saturated rings. The van der Waals surface area contributed by atoms with Crippen LogP contribution in [0.25, 0.3) is 0 Å². The molecule has 0 aliphatic carbocycles. The maximum absolute atomic E-state index is 13.2. The average Bonchev–Trinajstić information content (AvgIpc) is 2.64. The van der Waals surface area contributed by atoms with Crippen molar-refractivity contribution in [1.82, 2.24) is 0 Å². The van der Waals surface area contributed by atoms with Crippen LogP contribution in [-0.2, 0) is 17.1 Å². The van der Waals surface area contributed by atoms with Crippen LogP contribution in [0.15, 0.2) is 47.4 Å². The number of nitrogens with one attached hydrogen (secondary N) is 1. The molecule has 1 N–H and O–H groups in total. The minimum Gasteiger partial charge on any atom is -0.325 e. The molecule has 162 valence electrons. The second-order valence-electron chi connectivity index (χ2n) is 6.21. The highest BCUT2D eigenvalue weighted by atomic mass is 32.2. The van der Waals surface area contributed by atoms with E-state index in [0.717, 1.165) is 36.0 Å². The standard InChI is InChI=1S/C18H14F6N2O3S/c1-10(9-30-13-5-2-11(3-6-13)17(19,20)21)16(27)25-15-7-4-12(26(28)29)8-14(15)18(22,23)24/h2-8,10H,9H2,1H3,(H,25,27). The number of nitrogens with zero attached hydrogens (tertiary/aromatic N) is 1. The van der Waals surface area contributed by atoms with Crippen LogP contribution in [0, 0.1) is 16.0 Å². The van der Waals surface area contributed by atoms with E-state index >= 15 is 0 Å². The van der Waals surface area contributed by atoms with Crippen molar-refractivity contribution in [3.63, 3.8) is 0 Å². The number of anilines is 1. The predicted molar refractivity (Wildman–Crippen MR) is 98.1 cm³/mol. The Morgan fingerprint density at radius 3 is 2.17 bits per heavy atom. The van der Waals surface area contributed by atoms with Crippen molar-refractivity contribution in [3.8, 4) is 0 Å². The van der Waals surface area contributed by atoms with E-state index in [1.165, 1.54) is 19.1 Å². The minimum absolute atomic E-state index is 0.0888. The van der Waals surface area contributed by atoms with Crippen molar-refractivity contribution < 1.29 is 36.1 Å². The molecule has 5 nitrogen and oxygen atoms in total. The number of thioether (sulfide) groups is 1. The number of alkyl halides is 6. The summed E-state index contributed by atoms with van der Waals surface area (Å²) in [6.45, 7) is 1.44. The lowest BCUT2D eigenvalue weighted by atomic mass is 10.1. The molecule has 1 atom stereocenters. The molecule has 0 spiro atoms. The number of non-ortho nitro benzene ring substituents is 1. The second kappa shape index (κ2) is 8.94. The van der Waals surface area contributed by atoms with Gasteiger partial charge in [0, 0.05) is 28.7 Å². The van der Waals surface area contributed by atoms with Crippen LogP contribution in [0.4, 0.5) is 37.7 Å². The van der Waals surface area contributed by atoms with Crippen molar-refractivity contribution in [1.29, 1.82) is 0 Å². The highest BCUT2D eigenvalue weighted by molar-refractivity contribution is 7.99. The lowest BCUT2D eigenvalue weighted by molar-refractivity contribution is -0.385. The van der Waals surface area contributed by atoms with E-state index in [1.807, 2.05) is 0 Å². The normalized spacial score (nSPS) is 13.0. The van der Waals surface area contributed by atoms with Gasteiger partial charge in [-0.1, -0.05) is 6.92 Å². The van der Waals surface area contributed by atoms with Gasteiger partial charge in [-0.05, 0) is 30.3 Å². The van der Waals surface area contributed by atoms with Gasteiger partial charge in [-0.3, -0.25) is 14.9 Å². The summed E-state index contributed by atoms with van der Waals surface area (Å²) in [5, 5.41) is 12.8. The Morgan fingerprint density at radius 2 is 1.67 bits per heavy atom. The van der Waals surface area contributed by atoms with E-state index in [1.54, 1.807) is 0 Å². The van der Waals surface area contributed by atoms with Crippen molar-refractivity contribution >= 4 is 29.0 Å². The Balaban J connectivity index is 2.06. The monoisotopic (exact) mass is 452 g/mol. The van der Waals surface area contributed by atoms with Crippen molar-refractivity contribution in [2.75, 3.05) is 11.1 Å². The zero-order chi connectivity index (χ0) is 22.7. The number of hydrogen-bond donors (Lipinski definition) is 1. The molecular formula is C18H14F6N2O3S. The number of halogens is 6. The van der Waals surface area contributed by atoms with Crippen molar-refractivity contribution in [2.24, 2.45) is 5.92 Å². The van der Waals surface area contributed by atoms with Gasteiger partial charge in [-0.15, -0.1) is 11.8 Å². The fraction of sp³-hybridized carbons (Fsp3) is 0.278. The molecule has 30 heavy (non-hydrogen) atoms. The van der Waals surface area contributed by atoms with Gasteiger partial charge >= 0.3 is 12.4 Å². The molecule has 2 aromatic carbocycles. The molecule has 0 saturated heterocycles. The molecule has 0 bridgehead atoms. The van der Waals surface area contributed by atoms with E-state index < -0.39 is 51.6 Å². The number of hydrogen-bond acceptors (Lipinski definition) is 4. The predicted octanol–water partition coefficient (Wildman–Crippen LogP) is 6.00. The fourth-order valence-corrected chi connectivity index (χ4v) is 3.20. The molecular weight excluding hydrogens is 438 g/mol. The Bertz CT molecular complexity index is 929. The van der Waals surface area contributed by atoms with Gasteiger partial charge < -0.3 is 5.32 Å². The van der Waals surface area contributed by atoms with Crippen LogP contribution in [0.1, 0.15) is 18.1 Å². The van der Waals surface area contributed by atoms with Crippen molar-refractivity contribution in [3.05, 3.63) is 63.7 Å². The first kappa shape index (κ1) is 23.5. The van der Waals surface area contributed by atoms with Gasteiger partial charge in [0.1, 0.15) is 0 Å². The van der Waals surface area contributed by atoms with E-state index in [9.17, 15) is 41.3 Å². The highest BCUT2D eigenvalue weighted by Crippen LogP contribution is 2.37. The molecule has 2 aromatic rings. The summed E-state index contributed by atoms with van der Waals surface area (Å²) < 4.78 is 77.2. The Labute approximate surface area is 170 Å². The van der Waals surface area contributed by atoms with Crippen LogP contribution in [0.3, 0.4) is 0 Å². The lowest BCUT2D eigenvalue weighted by Gasteiger charge is -2.16. The first-order valence-electron chi connectivity index (χ1n) is 8.25. The van der Waals surface area contributed by atoms with Gasteiger partial charge in [-0.25, -0.2) is 0 Å². The largest absolute Gasteiger partial charge is 0.418 e. The molecule has 0 radical (unpaired) electrons. The smallest absolute Gasteiger partial charge is 0.325 e. The SMILES string of the molecule is CC(CSc1ccc(C(F)(F)F)cc1)C(=O)Nc1ccc([N+](=O)[O-])cc1C(F)(F)F. The summed E-state index contributed by atoms with van der Waals surface area (Å²) in [6, 6.07) is 6.21. The van der Waals surface area contributed by atoms with Gasteiger partial charge in [0.15, 0.2) is 0 Å². The molecule has 12 heteroatoms. The summed E-state index contributed by atoms with van der Waals surface area (Å²) in [7, 11) is 0. The van der Waals surface area contributed by atoms with Gasteiger partial charge in [-0.2, -0.15) is 26.3 Å². The maximum atomic E-state index is 13.2. The van der Waals surface area contributed by atoms with E-state index in [0.29, 0.717) is 11.0 Å². The zero-order valence-corrected chi connectivity index (χ0v) is 16.0. The van der Waals surface area contributed by atoms with Gasteiger partial charge in [0.2, 0.25) is 5.91 Å². The fourth-order valence-electron chi connectivity index (χ4n) is 2.28. The third-order valence-electron chi connectivity index (χ3n) is 3.91. The second-order valence-corrected chi connectivity index (χ2v) is 7.30. The third kappa shape index (κ3) is 6.12. The number of nitro groups is 1. The maximum Gasteiger partial charge on any atom is 0.418 e. The van der Waals surface area contributed by atoms with Gasteiger partial charge in [0.05, 0.1) is 21.7 Å². The van der Waals surface area contributed by atoms with Crippen LogP contribution >= 0.6 is 11.8 Å². The Morgan fingerprint density at radius 1 is 1.07 bits per heavy atom. The van der Waals surface area contributed by atoms with Crippen LogP contribution in [0.2, 0.25) is 0 Å². The molecule has 0 aromatic heterocycles. The number of rotatable bonds is 6. The Kier molecular flexibility index (Phi) is 7.01. The molecule has 2 rings (SSSR count). The molecule has 0 aliphatic heterocycles. The summed E-state index contributed by atoms with van der Waals surface area (Å²) >= 11 is 1.06. The van der Waals surface area contributed by atoms with E-state index in [2.05, 4.69) is 5.32 Å². The van der Waals surface area contributed by atoms with E-state index in [-0.39, 0.29) is 5.75 Å². The minimum atomic E-state index is -4.92. The average molecular weight is 452 g/mol. The summed E-state index contributed by atoms with van der Waals surface area (Å²) in [6.07, 6.45) is -9.40. The number of amides is 1. The van der Waals surface area contributed by atoms with Crippen LogP contribution in [0.5, 0.6) is 0 Å². The molecule has 0 saturated carbocycles. The number of carbonyl (C=O) groups is 1. The summed E-state index contributed by atoms with van der Waals surface area (Å²) in [5.41, 5.74) is -3.57. The molecule has 0 heterocycles. The topological polar surface area (TPSA) is 72.2 Å². The summed E-state index contributed by atoms with van der Waals surface area (Å²) in [5.74, 6) is -1.48. The van der Waals surface area contributed by atoms with Gasteiger partial charge in [0.25, 0.3) is 5.69 Å². The molecule has 1 unspecified atom stereocenters. The number of benzene rings is 2. The molecule has 0 aliphatic rings. The number of carbonyl (C=O) groups excluding carboxylic acids is 1.